The van der Waals surface area contributed by atoms with E-state index in [-0.39, 0.29) is 5.78 Å². The molecule has 0 amide bonds. The molecule has 1 aliphatic rings. The third-order valence-electron chi connectivity index (χ3n) is 5.08. The van der Waals surface area contributed by atoms with Gasteiger partial charge in [0, 0.05) is 0 Å². The van der Waals surface area contributed by atoms with E-state index >= 15 is 0 Å². The van der Waals surface area contributed by atoms with Crippen molar-refractivity contribution < 1.29 is 4.79 Å². The van der Waals surface area contributed by atoms with Gasteiger partial charge in [-0.15, -0.1) is 0 Å². The molecule has 25 heavy (non-hydrogen) atoms. The molecular weight excluding hydrogens is 304 g/mol. The molecule has 0 fully saturated rings. The topological polar surface area (TPSA) is 17.1 Å². The molecule has 1 unspecified atom stereocenters. The first kappa shape index (κ1) is 15.6. The lowest BCUT2D eigenvalue weighted by Gasteiger charge is -2.18. The standard InChI is InChI=1S/C24H20O/c1-17-13-15-20(16-14-17)23-22(19-9-5-3-6-10-19)24(23,18(2)25)21-11-7-4-8-12-21/h3-16H,1-2H3. The Hall–Kier alpha value is -2.93. The Bertz CT molecular complexity index is 950. The highest BCUT2D eigenvalue weighted by Crippen LogP contribution is 2.64. The maximum atomic E-state index is 12.9. The Morgan fingerprint density at radius 2 is 1.16 bits per heavy atom. The molecule has 1 heteroatoms. The summed E-state index contributed by atoms with van der Waals surface area (Å²) in [6.07, 6.45) is 0. The molecule has 1 nitrogen and oxygen atoms in total. The molecule has 1 atom stereocenters. The monoisotopic (exact) mass is 324 g/mol. The van der Waals surface area contributed by atoms with Gasteiger partial charge in [0.05, 0.1) is 0 Å². The smallest absolute Gasteiger partial charge is 0.149 e. The highest BCUT2D eigenvalue weighted by atomic mass is 16.1. The van der Waals surface area contributed by atoms with Crippen LogP contribution < -0.4 is 0 Å². The molecular formula is C24H20O. The van der Waals surface area contributed by atoms with Gasteiger partial charge in [0.25, 0.3) is 0 Å². The number of hydrogen-bond acceptors (Lipinski definition) is 1. The summed E-state index contributed by atoms with van der Waals surface area (Å²) in [6, 6.07) is 28.9. The van der Waals surface area contributed by atoms with E-state index in [1.165, 1.54) is 5.56 Å². The van der Waals surface area contributed by atoms with Crippen LogP contribution in [0.4, 0.5) is 0 Å². The molecule has 0 radical (unpaired) electrons. The summed E-state index contributed by atoms with van der Waals surface area (Å²) in [5.41, 5.74) is 6.17. The van der Waals surface area contributed by atoms with Crippen molar-refractivity contribution >= 4 is 16.9 Å². The lowest BCUT2D eigenvalue weighted by molar-refractivity contribution is -0.118. The Morgan fingerprint density at radius 1 is 0.680 bits per heavy atom. The van der Waals surface area contributed by atoms with Crippen LogP contribution in [0.3, 0.4) is 0 Å². The van der Waals surface area contributed by atoms with Gasteiger partial charge in [0.15, 0.2) is 0 Å². The fourth-order valence-corrected chi connectivity index (χ4v) is 3.86. The van der Waals surface area contributed by atoms with Gasteiger partial charge in [-0.05, 0) is 41.7 Å². The Kier molecular flexibility index (Phi) is 3.65. The lowest BCUT2D eigenvalue weighted by atomic mass is 9.81. The highest BCUT2D eigenvalue weighted by molar-refractivity contribution is 6.33. The number of hydrogen-bond donors (Lipinski definition) is 0. The van der Waals surface area contributed by atoms with Crippen molar-refractivity contribution in [2.24, 2.45) is 0 Å². The molecule has 0 aromatic heterocycles. The molecule has 3 aromatic rings. The highest BCUT2D eigenvalue weighted by Gasteiger charge is 2.58. The minimum atomic E-state index is -0.627. The lowest BCUT2D eigenvalue weighted by Crippen LogP contribution is -2.23. The molecule has 122 valence electrons. The van der Waals surface area contributed by atoms with Crippen LogP contribution in [0.5, 0.6) is 0 Å². The van der Waals surface area contributed by atoms with E-state index in [9.17, 15) is 4.79 Å². The largest absolute Gasteiger partial charge is 0.298 e. The van der Waals surface area contributed by atoms with Gasteiger partial charge in [-0.1, -0.05) is 90.5 Å². The van der Waals surface area contributed by atoms with E-state index < -0.39 is 5.41 Å². The zero-order chi connectivity index (χ0) is 17.4. The number of carbonyl (C=O) groups excluding carboxylic acids is 1. The second-order valence-electron chi connectivity index (χ2n) is 6.65. The van der Waals surface area contributed by atoms with E-state index in [1.54, 1.807) is 6.92 Å². The third kappa shape index (κ3) is 2.35. The second-order valence-corrected chi connectivity index (χ2v) is 6.65. The molecule has 0 heterocycles. The minimum absolute atomic E-state index is 0.174. The van der Waals surface area contributed by atoms with Crippen molar-refractivity contribution in [1.82, 2.24) is 0 Å². The van der Waals surface area contributed by atoms with Crippen molar-refractivity contribution in [3.8, 4) is 0 Å². The van der Waals surface area contributed by atoms with Gasteiger partial charge in [-0.3, -0.25) is 4.79 Å². The number of rotatable bonds is 4. The molecule has 0 saturated carbocycles. The van der Waals surface area contributed by atoms with E-state index in [4.69, 9.17) is 0 Å². The summed E-state index contributed by atoms with van der Waals surface area (Å²) in [4.78, 5) is 12.9. The van der Waals surface area contributed by atoms with Gasteiger partial charge in [-0.2, -0.15) is 0 Å². The normalized spacial score (nSPS) is 19.0. The van der Waals surface area contributed by atoms with Gasteiger partial charge in [0.2, 0.25) is 0 Å². The number of ketones is 1. The number of carbonyl (C=O) groups is 1. The van der Waals surface area contributed by atoms with Crippen molar-refractivity contribution in [2.75, 3.05) is 0 Å². The number of benzene rings is 3. The van der Waals surface area contributed by atoms with E-state index in [2.05, 4.69) is 55.5 Å². The zero-order valence-electron chi connectivity index (χ0n) is 14.5. The average molecular weight is 324 g/mol. The minimum Gasteiger partial charge on any atom is -0.298 e. The van der Waals surface area contributed by atoms with Crippen LogP contribution in [-0.4, -0.2) is 5.78 Å². The van der Waals surface area contributed by atoms with Gasteiger partial charge >= 0.3 is 0 Å². The third-order valence-corrected chi connectivity index (χ3v) is 5.08. The number of Topliss-reactive ketones (excluding diaryl/α,β-unsaturated/α-hetero) is 1. The van der Waals surface area contributed by atoms with Crippen LogP contribution in [0, 0.1) is 6.92 Å². The fourth-order valence-electron chi connectivity index (χ4n) is 3.86. The zero-order valence-corrected chi connectivity index (χ0v) is 14.5. The van der Waals surface area contributed by atoms with E-state index in [0.717, 1.165) is 27.8 Å². The molecule has 4 rings (SSSR count). The first-order chi connectivity index (χ1) is 12.2. The fraction of sp³-hybridized carbons (Fsp3) is 0.125. The summed E-state index contributed by atoms with van der Waals surface area (Å²) in [6.45, 7) is 3.79. The van der Waals surface area contributed by atoms with Crippen molar-refractivity contribution in [3.63, 3.8) is 0 Å². The predicted molar refractivity (Wildman–Crippen MR) is 103 cm³/mol. The summed E-state index contributed by atoms with van der Waals surface area (Å²) in [5.74, 6) is 0.174. The SMILES string of the molecule is CC(=O)C1(c2ccccc2)C(c2ccccc2)=C1c1ccc(C)cc1. The number of allylic oxidation sites excluding steroid dienone is 2. The molecule has 0 N–H and O–H groups in total. The quantitative estimate of drug-likeness (QED) is 0.624. The van der Waals surface area contributed by atoms with Crippen molar-refractivity contribution in [2.45, 2.75) is 19.3 Å². The van der Waals surface area contributed by atoms with Crippen LogP contribution in [0.2, 0.25) is 0 Å². The van der Waals surface area contributed by atoms with E-state index in [1.807, 2.05) is 36.4 Å². The summed E-state index contributed by atoms with van der Waals surface area (Å²) < 4.78 is 0. The first-order valence-electron chi connectivity index (χ1n) is 8.60. The Balaban J connectivity index is 1.95. The van der Waals surface area contributed by atoms with E-state index in [0.29, 0.717) is 0 Å². The molecule has 0 bridgehead atoms. The predicted octanol–water partition coefficient (Wildman–Crippen LogP) is 5.45. The molecule has 0 saturated heterocycles. The molecule has 3 aromatic carbocycles. The Labute approximate surface area is 148 Å². The second kappa shape index (κ2) is 5.86. The molecule has 0 spiro atoms. The number of aryl methyl sites for hydroxylation is 1. The van der Waals surface area contributed by atoms with Gasteiger partial charge < -0.3 is 0 Å². The van der Waals surface area contributed by atoms with Crippen LogP contribution in [-0.2, 0) is 10.2 Å². The summed E-state index contributed by atoms with van der Waals surface area (Å²) in [5, 5.41) is 0. The summed E-state index contributed by atoms with van der Waals surface area (Å²) in [7, 11) is 0. The van der Waals surface area contributed by atoms with Crippen LogP contribution in [0.15, 0.2) is 84.9 Å². The van der Waals surface area contributed by atoms with Gasteiger partial charge in [0.1, 0.15) is 11.2 Å². The van der Waals surface area contributed by atoms with Gasteiger partial charge in [-0.25, -0.2) is 0 Å². The summed E-state index contributed by atoms with van der Waals surface area (Å²) >= 11 is 0. The maximum absolute atomic E-state index is 12.9. The van der Waals surface area contributed by atoms with Crippen LogP contribution >= 0.6 is 0 Å². The molecule has 0 aliphatic heterocycles. The average Bonchev–Trinajstić information content (AvgIpc) is 3.35. The van der Waals surface area contributed by atoms with Crippen molar-refractivity contribution in [3.05, 3.63) is 107 Å². The maximum Gasteiger partial charge on any atom is 0.149 e. The molecule has 1 aliphatic carbocycles. The Morgan fingerprint density at radius 3 is 1.68 bits per heavy atom. The van der Waals surface area contributed by atoms with Crippen LogP contribution in [0.25, 0.3) is 11.1 Å². The first-order valence-corrected chi connectivity index (χ1v) is 8.60. The van der Waals surface area contributed by atoms with Crippen molar-refractivity contribution in [1.29, 1.82) is 0 Å². The van der Waals surface area contributed by atoms with Crippen LogP contribution in [0.1, 0.15) is 29.2 Å².